The molecular weight excluding hydrogens is 240 g/mol. The van der Waals surface area contributed by atoms with Crippen molar-refractivity contribution < 1.29 is 17.6 Å². The van der Waals surface area contributed by atoms with Gasteiger partial charge in [0.1, 0.15) is 6.04 Å². The van der Waals surface area contributed by atoms with Crippen molar-refractivity contribution in [3.8, 4) is 12.1 Å². The molecule has 1 unspecified atom stereocenters. The summed E-state index contributed by atoms with van der Waals surface area (Å²) in [5.41, 5.74) is 0. The van der Waals surface area contributed by atoms with Gasteiger partial charge in [-0.3, -0.25) is 9.80 Å². The van der Waals surface area contributed by atoms with E-state index >= 15 is 0 Å². The van der Waals surface area contributed by atoms with E-state index in [1.165, 1.54) is 0 Å². The fourth-order valence-corrected chi connectivity index (χ4v) is 1.72. The third kappa shape index (κ3) is 3.29. The van der Waals surface area contributed by atoms with Crippen LogP contribution in [0.4, 0.5) is 17.6 Å². The highest BCUT2D eigenvalue weighted by Gasteiger charge is 2.48. The van der Waals surface area contributed by atoms with E-state index in [0.29, 0.717) is 0 Å². The highest BCUT2D eigenvalue weighted by atomic mass is 19.4. The normalized spacial score (nSPS) is 27.4. The molecule has 1 saturated heterocycles. The minimum Gasteiger partial charge on any atom is -0.274 e. The summed E-state index contributed by atoms with van der Waals surface area (Å²) in [5, 5.41) is 16.8. The average molecular weight is 250 g/mol. The van der Waals surface area contributed by atoms with Crippen LogP contribution in [-0.2, 0) is 0 Å². The first-order valence-corrected chi connectivity index (χ1v) is 4.83. The van der Waals surface area contributed by atoms with Crippen molar-refractivity contribution >= 4 is 0 Å². The van der Waals surface area contributed by atoms with Crippen molar-refractivity contribution in [2.45, 2.75) is 18.5 Å². The smallest absolute Gasteiger partial charge is 0.274 e. The SMILES string of the molecule is N#CCN1C[C@H](F)N(CC#N)CC1C(F)(F)F. The van der Waals surface area contributed by atoms with Gasteiger partial charge in [0.25, 0.3) is 0 Å². The van der Waals surface area contributed by atoms with Crippen molar-refractivity contribution in [1.82, 2.24) is 9.80 Å². The molecule has 1 aliphatic heterocycles. The zero-order valence-electron chi connectivity index (χ0n) is 8.78. The molecule has 2 atom stereocenters. The van der Waals surface area contributed by atoms with Crippen LogP contribution in [0.5, 0.6) is 0 Å². The van der Waals surface area contributed by atoms with Gasteiger partial charge in [0.2, 0.25) is 0 Å². The third-order valence-electron chi connectivity index (χ3n) is 2.56. The second-order valence-electron chi connectivity index (χ2n) is 3.67. The second kappa shape index (κ2) is 5.30. The molecule has 1 fully saturated rings. The Hall–Kier alpha value is -1.38. The predicted octanol–water partition coefficient (Wildman–Crippen LogP) is 0.878. The number of nitriles is 2. The van der Waals surface area contributed by atoms with E-state index in [1.807, 2.05) is 0 Å². The zero-order valence-corrected chi connectivity index (χ0v) is 8.78. The minimum atomic E-state index is -4.54. The van der Waals surface area contributed by atoms with E-state index in [9.17, 15) is 17.6 Å². The molecular formula is C9H10F4N4. The first kappa shape index (κ1) is 13.7. The van der Waals surface area contributed by atoms with E-state index in [1.54, 1.807) is 12.1 Å². The Morgan fingerprint density at radius 2 is 1.59 bits per heavy atom. The van der Waals surface area contributed by atoms with Crippen LogP contribution in [0.1, 0.15) is 0 Å². The van der Waals surface area contributed by atoms with Crippen LogP contribution in [0.2, 0.25) is 0 Å². The monoisotopic (exact) mass is 250 g/mol. The Morgan fingerprint density at radius 3 is 2.06 bits per heavy atom. The highest BCUT2D eigenvalue weighted by molar-refractivity contribution is 4.94. The van der Waals surface area contributed by atoms with Crippen LogP contribution in [0.3, 0.4) is 0 Å². The average Bonchev–Trinajstić information content (AvgIpc) is 2.20. The van der Waals surface area contributed by atoms with Gasteiger partial charge < -0.3 is 0 Å². The molecule has 17 heavy (non-hydrogen) atoms. The quantitative estimate of drug-likeness (QED) is 0.414. The molecule has 0 bridgehead atoms. The van der Waals surface area contributed by atoms with Crippen molar-refractivity contribution in [1.29, 1.82) is 10.5 Å². The number of nitrogens with zero attached hydrogens (tertiary/aromatic N) is 4. The van der Waals surface area contributed by atoms with Crippen LogP contribution < -0.4 is 0 Å². The lowest BCUT2D eigenvalue weighted by molar-refractivity contribution is -0.206. The lowest BCUT2D eigenvalue weighted by atomic mass is 10.1. The third-order valence-corrected chi connectivity index (χ3v) is 2.56. The lowest BCUT2D eigenvalue weighted by Crippen LogP contribution is -2.61. The van der Waals surface area contributed by atoms with Crippen LogP contribution in [-0.4, -0.2) is 54.5 Å². The number of alkyl halides is 4. The minimum absolute atomic E-state index is 0.395. The van der Waals surface area contributed by atoms with Crippen LogP contribution in [0.25, 0.3) is 0 Å². The highest BCUT2D eigenvalue weighted by Crippen LogP contribution is 2.29. The number of piperazine rings is 1. The molecule has 94 valence electrons. The molecule has 0 aromatic rings. The van der Waals surface area contributed by atoms with Gasteiger partial charge in [-0.25, -0.2) is 4.39 Å². The van der Waals surface area contributed by atoms with Crippen LogP contribution in [0, 0.1) is 22.7 Å². The Bertz CT molecular complexity index is 342. The second-order valence-corrected chi connectivity index (χ2v) is 3.67. The summed E-state index contributed by atoms with van der Waals surface area (Å²) in [4.78, 5) is 1.57. The number of halogens is 4. The first-order valence-electron chi connectivity index (χ1n) is 4.83. The van der Waals surface area contributed by atoms with Gasteiger partial charge in [-0.1, -0.05) is 0 Å². The summed E-state index contributed by atoms with van der Waals surface area (Å²) in [7, 11) is 0. The molecule has 4 nitrogen and oxygen atoms in total. The maximum absolute atomic E-state index is 13.4. The number of hydrogen-bond donors (Lipinski definition) is 0. The maximum Gasteiger partial charge on any atom is 0.405 e. The molecule has 0 aliphatic carbocycles. The number of rotatable bonds is 2. The molecule has 1 heterocycles. The molecule has 0 spiro atoms. The molecule has 0 aromatic heterocycles. The van der Waals surface area contributed by atoms with Crippen LogP contribution >= 0.6 is 0 Å². The summed E-state index contributed by atoms with van der Waals surface area (Å²) in [6, 6.07) is 1.30. The van der Waals surface area contributed by atoms with Gasteiger partial charge in [-0.05, 0) is 0 Å². The summed E-state index contributed by atoms with van der Waals surface area (Å²) >= 11 is 0. The van der Waals surface area contributed by atoms with E-state index in [2.05, 4.69) is 0 Å². The van der Waals surface area contributed by atoms with Crippen LogP contribution in [0.15, 0.2) is 0 Å². The molecule has 1 aliphatic rings. The predicted molar refractivity (Wildman–Crippen MR) is 49.1 cm³/mol. The van der Waals surface area contributed by atoms with Crippen molar-refractivity contribution in [2.24, 2.45) is 0 Å². The molecule has 0 amide bonds. The lowest BCUT2D eigenvalue weighted by Gasteiger charge is -2.41. The summed E-state index contributed by atoms with van der Waals surface area (Å²) in [5.74, 6) is 0. The van der Waals surface area contributed by atoms with E-state index in [4.69, 9.17) is 10.5 Å². The largest absolute Gasteiger partial charge is 0.405 e. The molecule has 0 radical (unpaired) electrons. The first-order chi connectivity index (χ1) is 7.90. The molecule has 0 saturated carbocycles. The Labute approximate surface area is 95.6 Å². The summed E-state index contributed by atoms with van der Waals surface area (Å²) in [6.45, 7) is -2.02. The van der Waals surface area contributed by atoms with Crippen molar-refractivity contribution in [3.05, 3.63) is 0 Å². The Kier molecular flexibility index (Phi) is 4.27. The van der Waals surface area contributed by atoms with E-state index in [-0.39, 0.29) is 0 Å². The van der Waals surface area contributed by atoms with Gasteiger partial charge in [0, 0.05) is 13.1 Å². The van der Waals surface area contributed by atoms with Gasteiger partial charge in [0.05, 0.1) is 25.2 Å². The Morgan fingerprint density at radius 1 is 1.06 bits per heavy atom. The van der Waals surface area contributed by atoms with Crippen molar-refractivity contribution in [2.75, 3.05) is 26.2 Å². The maximum atomic E-state index is 13.4. The fourth-order valence-electron chi connectivity index (χ4n) is 1.72. The molecule has 1 rings (SSSR count). The van der Waals surface area contributed by atoms with Crippen molar-refractivity contribution in [3.63, 3.8) is 0 Å². The van der Waals surface area contributed by atoms with E-state index in [0.717, 1.165) is 9.80 Å². The summed E-state index contributed by atoms with van der Waals surface area (Å²) in [6.07, 6.45) is -6.19. The fraction of sp³-hybridized carbons (Fsp3) is 0.778. The zero-order chi connectivity index (χ0) is 13.1. The van der Waals surface area contributed by atoms with Gasteiger partial charge in [-0.2, -0.15) is 23.7 Å². The van der Waals surface area contributed by atoms with Gasteiger partial charge in [-0.15, -0.1) is 0 Å². The van der Waals surface area contributed by atoms with E-state index < -0.39 is 44.7 Å². The number of hydrogen-bond acceptors (Lipinski definition) is 4. The summed E-state index contributed by atoms with van der Waals surface area (Å²) < 4.78 is 51.4. The molecule has 0 aromatic carbocycles. The molecule has 0 N–H and O–H groups in total. The standard InChI is InChI=1S/C9H10F4N4/c10-8-6-16(3-1-14)7(9(11,12)13)5-17(8)4-2-15/h7-8H,3-6H2/t7?,8-/m1/s1. The van der Waals surface area contributed by atoms with Gasteiger partial charge >= 0.3 is 6.18 Å². The van der Waals surface area contributed by atoms with Gasteiger partial charge in [0.15, 0.2) is 6.30 Å². The molecule has 8 heteroatoms. The Balaban J connectivity index is 2.83. The topological polar surface area (TPSA) is 54.1 Å².